The van der Waals surface area contributed by atoms with E-state index >= 15 is 0 Å². The highest BCUT2D eigenvalue weighted by Crippen LogP contribution is 2.24. The van der Waals surface area contributed by atoms with Gasteiger partial charge in [0.25, 0.3) is 5.91 Å². The fraction of sp³-hybridized carbons (Fsp3) is 0.435. The van der Waals surface area contributed by atoms with Gasteiger partial charge in [0, 0.05) is 12.6 Å². The molecule has 1 fully saturated rings. The zero-order valence-corrected chi connectivity index (χ0v) is 18.4. The highest BCUT2D eigenvalue weighted by Gasteiger charge is 2.22. The summed E-state index contributed by atoms with van der Waals surface area (Å²) >= 11 is 0. The van der Waals surface area contributed by atoms with E-state index in [1.54, 1.807) is 19.1 Å². The molecule has 2 N–H and O–H groups in total. The maximum Gasteiger partial charge on any atom is 0.258 e. The lowest BCUT2D eigenvalue weighted by molar-refractivity contribution is -0.123. The van der Waals surface area contributed by atoms with Crippen molar-refractivity contribution in [1.29, 1.82) is 0 Å². The van der Waals surface area contributed by atoms with Crippen LogP contribution in [0, 0.1) is 13.8 Å². The van der Waals surface area contributed by atoms with Crippen molar-refractivity contribution in [2.45, 2.75) is 63.4 Å². The summed E-state index contributed by atoms with van der Waals surface area (Å²) in [6, 6.07) is 12.7. The van der Waals surface area contributed by atoms with E-state index < -0.39 is 10.0 Å². The van der Waals surface area contributed by atoms with Gasteiger partial charge in [-0.3, -0.25) is 4.79 Å². The van der Waals surface area contributed by atoms with Crippen molar-refractivity contribution in [3.05, 3.63) is 59.2 Å². The number of benzene rings is 2. The summed E-state index contributed by atoms with van der Waals surface area (Å²) in [5, 5.41) is 2.83. The molecule has 0 heterocycles. The molecule has 0 radical (unpaired) electrons. The van der Waals surface area contributed by atoms with Crippen LogP contribution in [0.15, 0.2) is 47.4 Å². The Morgan fingerprint density at radius 2 is 1.83 bits per heavy atom. The number of carbonyl (C=O) groups excluding carboxylic acids is 1. The summed E-state index contributed by atoms with van der Waals surface area (Å²) in [6.45, 7) is 4.09. The Balaban J connectivity index is 1.53. The van der Waals surface area contributed by atoms with Crippen LogP contribution < -0.4 is 14.8 Å². The van der Waals surface area contributed by atoms with Crippen LogP contribution in [0.25, 0.3) is 0 Å². The minimum Gasteiger partial charge on any atom is -0.484 e. The number of sulfonamides is 1. The lowest BCUT2D eigenvalue weighted by Crippen LogP contribution is -2.36. The molecule has 6 nitrogen and oxygen atoms in total. The highest BCUT2D eigenvalue weighted by atomic mass is 32.2. The second kappa shape index (κ2) is 10.1. The van der Waals surface area contributed by atoms with Crippen molar-refractivity contribution in [2.75, 3.05) is 6.61 Å². The van der Waals surface area contributed by atoms with E-state index in [2.05, 4.69) is 10.0 Å². The molecule has 1 aliphatic rings. The molecule has 0 aromatic heterocycles. The van der Waals surface area contributed by atoms with Crippen LogP contribution >= 0.6 is 0 Å². The Labute approximate surface area is 179 Å². The number of hydrogen-bond acceptors (Lipinski definition) is 4. The number of rotatable bonds is 8. The van der Waals surface area contributed by atoms with Crippen LogP contribution in [0.1, 0.15) is 48.8 Å². The summed E-state index contributed by atoms with van der Waals surface area (Å²) < 4.78 is 33.7. The lowest BCUT2D eigenvalue weighted by Gasteiger charge is -2.22. The average molecular weight is 431 g/mol. The van der Waals surface area contributed by atoms with Gasteiger partial charge < -0.3 is 10.1 Å². The monoisotopic (exact) mass is 430 g/mol. The first-order valence-electron chi connectivity index (χ1n) is 10.4. The molecule has 0 bridgehead atoms. The van der Waals surface area contributed by atoms with E-state index in [0.717, 1.165) is 36.8 Å². The van der Waals surface area contributed by atoms with Gasteiger partial charge in [-0.05, 0) is 56.0 Å². The minimum absolute atomic E-state index is 0.0112. The van der Waals surface area contributed by atoms with E-state index in [1.165, 1.54) is 12.5 Å². The third-order valence-electron chi connectivity index (χ3n) is 5.31. The molecule has 1 amide bonds. The Morgan fingerprint density at radius 3 is 2.53 bits per heavy atom. The van der Waals surface area contributed by atoms with Crippen molar-refractivity contribution in [2.24, 2.45) is 0 Å². The normalized spacial score (nSPS) is 15.0. The molecule has 3 rings (SSSR count). The van der Waals surface area contributed by atoms with Gasteiger partial charge in [0.05, 0.1) is 4.90 Å². The second-order valence-corrected chi connectivity index (χ2v) is 9.65. The molecule has 0 saturated heterocycles. The fourth-order valence-corrected chi connectivity index (χ4v) is 5.07. The van der Waals surface area contributed by atoms with E-state index in [1.807, 2.05) is 31.2 Å². The second-order valence-electron chi connectivity index (χ2n) is 7.94. The molecule has 0 unspecified atom stereocenters. The SMILES string of the molecule is Cc1cccc(CNC(=O)COc2ccc(S(=O)(=O)NC3CCCCC3)cc2C)c1. The Morgan fingerprint density at radius 1 is 1.07 bits per heavy atom. The number of aryl methyl sites for hydroxylation is 2. The fourth-order valence-electron chi connectivity index (χ4n) is 3.68. The van der Waals surface area contributed by atoms with Gasteiger partial charge in [-0.25, -0.2) is 13.1 Å². The van der Waals surface area contributed by atoms with E-state index in [0.29, 0.717) is 17.9 Å². The van der Waals surface area contributed by atoms with Crippen molar-refractivity contribution < 1.29 is 17.9 Å². The summed E-state index contributed by atoms with van der Waals surface area (Å²) in [6.07, 6.45) is 5.06. The number of amides is 1. The van der Waals surface area contributed by atoms with E-state index in [9.17, 15) is 13.2 Å². The maximum atomic E-state index is 12.7. The van der Waals surface area contributed by atoms with Gasteiger partial charge >= 0.3 is 0 Å². The quantitative estimate of drug-likeness (QED) is 0.670. The van der Waals surface area contributed by atoms with Gasteiger partial charge in [-0.2, -0.15) is 0 Å². The molecule has 162 valence electrons. The van der Waals surface area contributed by atoms with Gasteiger partial charge in [0.2, 0.25) is 10.0 Å². The topological polar surface area (TPSA) is 84.5 Å². The van der Waals surface area contributed by atoms with E-state index in [4.69, 9.17) is 4.74 Å². The van der Waals surface area contributed by atoms with Crippen molar-refractivity contribution >= 4 is 15.9 Å². The van der Waals surface area contributed by atoms with Crippen molar-refractivity contribution in [3.63, 3.8) is 0 Å². The summed E-state index contributed by atoms with van der Waals surface area (Å²) in [5.74, 6) is 0.267. The predicted molar refractivity (Wildman–Crippen MR) is 117 cm³/mol. The summed E-state index contributed by atoms with van der Waals surface area (Å²) in [4.78, 5) is 12.3. The van der Waals surface area contributed by atoms with Crippen LogP contribution in [0.2, 0.25) is 0 Å². The lowest BCUT2D eigenvalue weighted by atomic mass is 9.96. The van der Waals surface area contributed by atoms with E-state index in [-0.39, 0.29) is 23.5 Å². The summed E-state index contributed by atoms with van der Waals surface area (Å²) in [7, 11) is -3.56. The number of hydrogen-bond donors (Lipinski definition) is 2. The zero-order valence-electron chi connectivity index (χ0n) is 17.6. The van der Waals surface area contributed by atoms with Crippen molar-refractivity contribution in [1.82, 2.24) is 10.0 Å². The van der Waals surface area contributed by atoms with Crippen LogP contribution in [0.5, 0.6) is 5.75 Å². The predicted octanol–water partition coefficient (Wildman–Crippen LogP) is 3.61. The minimum atomic E-state index is -3.56. The molecule has 1 aliphatic carbocycles. The van der Waals surface area contributed by atoms with Gasteiger partial charge in [-0.15, -0.1) is 0 Å². The smallest absolute Gasteiger partial charge is 0.258 e. The molecule has 7 heteroatoms. The third kappa shape index (κ3) is 6.31. The number of ether oxygens (including phenoxy) is 1. The molecular formula is C23H30N2O4S. The first-order chi connectivity index (χ1) is 14.3. The van der Waals surface area contributed by atoms with Crippen LogP contribution in [0.4, 0.5) is 0 Å². The largest absolute Gasteiger partial charge is 0.484 e. The van der Waals surface area contributed by atoms with Gasteiger partial charge in [0.15, 0.2) is 6.61 Å². The van der Waals surface area contributed by atoms with Gasteiger partial charge in [-0.1, -0.05) is 49.1 Å². The molecule has 1 saturated carbocycles. The van der Waals surface area contributed by atoms with Crippen LogP contribution in [-0.2, 0) is 21.4 Å². The molecular weight excluding hydrogens is 400 g/mol. The Hall–Kier alpha value is -2.38. The standard InChI is InChI=1S/C23H30N2O4S/c1-17-7-6-8-19(13-17)15-24-23(26)16-29-22-12-11-21(14-18(22)2)30(27,28)25-20-9-4-3-5-10-20/h6-8,11-14,20,25H,3-5,9-10,15-16H2,1-2H3,(H,24,26). The summed E-state index contributed by atoms with van der Waals surface area (Å²) in [5.41, 5.74) is 2.84. The molecule has 2 aromatic carbocycles. The van der Waals surface area contributed by atoms with Gasteiger partial charge in [0.1, 0.15) is 5.75 Å². The number of carbonyl (C=O) groups is 1. The Kier molecular flexibility index (Phi) is 7.50. The first kappa shape index (κ1) is 22.3. The molecule has 0 aliphatic heterocycles. The Bertz CT molecular complexity index is 982. The molecule has 2 aromatic rings. The van der Waals surface area contributed by atoms with Crippen molar-refractivity contribution in [3.8, 4) is 5.75 Å². The highest BCUT2D eigenvalue weighted by molar-refractivity contribution is 7.89. The molecule has 0 atom stereocenters. The molecule has 30 heavy (non-hydrogen) atoms. The van der Waals surface area contributed by atoms with Crippen LogP contribution in [0.3, 0.4) is 0 Å². The number of nitrogens with one attached hydrogen (secondary N) is 2. The maximum absolute atomic E-state index is 12.7. The third-order valence-corrected chi connectivity index (χ3v) is 6.83. The molecule has 0 spiro atoms. The zero-order chi connectivity index (χ0) is 21.6. The first-order valence-corrected chi connectivity index (χ1v) is 11.9. The van der Waals surface area contributed by atoms with Crippen LogP contribution in [-0.4, -0.2) is 27.0 Å². The average Bonchev–Trinajstić information content (AvgIpc) is 2.72.